The van der Waals surface area contributed by atoms with Crippen molar-refractivity contribution in [1.29, 1.82) is 0 Å². The van der Waals surface area contributed by atoms with E-state index in [0.717, 1.165) is 10.1 Å². The van der Waals surface area contributed by atoms with E-state index in [1.165, 1.54) is 0 Å². The van der Waals surface area contributed by atoms with Gasteiger partial charge in [0, 0.05) is 0 Å². The van der Waals surface area contributed by atoms with Gasteiger partial charge in [0.25, 0.3) is 0 Å². The first-order chi connectivity index (χ1) is 5.84. The number of carbonyl (C=O) groups excluding carboxylic acids is 1. The Morgan fingerprint density at radius 3 is 2.67 bits per heavy atom. The van der Waals surface area contributed by atoms with Crippen molar-refractivity contribution < 1.29 is 4.79 Å². The first-order valence-corrected chi connectivity index (χ1v) is 8.69. The average molecular weight is 268 g/mol. The second kappa shape index (κ2) is 5.19. The molecule has 12 heavy (non-hydrogen) atoms. The van der Waals surface area contributed by atoms with E-state index in [4.69, 9.17) is 0 Å². The van der Waals surface area contributed by atoms with Gasteiger partial charge in [0.2, 0.25) is 0 Å². The summed E-state index contributed by atoms with van der Waals surface area (Å²) in [6.45, 7) is 0. The van der Waals surface area contributed by atoms with E-state index in [1.54, 1.807) is 0 Å². The van der Waals surface area contributed by atoms with Crippen LogP contribution < -0.4 is 5.32 Å². The summed E-state index contributed by atoms with van der Waals surface area (Å²) in [6, 6.07) is 9.32. The Morgan fingerprint density at radius 1 is 1.42 bits per heavy atom. The van der Waals surface area contributed by atoms with Crippen molar-refractivity contribution in [3.8, 4) is 0 Å². The topological polar surface area (TPSA) is 29.1 Å². The maximum absolute atomic E-state index is 11.3. The van der Waals surface area contributed by atoms with Crippen LogP contribution in [0.5, 0.6) is 0 Å². The fraction of sp³-hybridized carbons (Fsp3) is 0.222. The third-order valence-corrected chi connectivity index (χ3v) is 2.98. The van der Waals surface area contributed by atoms with Gasteiger partial charge in [0.1, 0.15) is 0 Å². The van der Waals surface area contributed by atoms with Crippen molar-refractivity contribution in [2.24, 2.45) is 0 Å². The SMILES string of the molecule is [CH3][Sn][CH2]NC(=O)c1ccccc1. The van der Waals surface area contributed by atoms with Crippen molar-refractivity contribution in [3.05, 3.63) is 35.9 Å². The van der Waals surface area contributed by atoms with Crippen LogP contribution in [-0.2, 0) is 0 Å². The van der Waals surface area contributed by atoms with Crippen LogP contribution in [0.25, 0.3) is 0 Å². The summed E-state index contributed by atoms with van der Waals surface area (Å²) < 4.78 is 0.914. The predicted molar refractivity (Wildman–Crippen MR) is 50.4 cm³/mol. The van der Waals surface area contributed by atoms with E-state index >= 15 is 0 Å². The summed E-state index contributed by atoms with van der Waals surface area (Å²) in [5.41, 5.74) is 0.755. The maximum atomic E-state index is 11.3. The minimum atomic E-state index is -0.298. The van der Waals surface area contributed by atoms with E-state index < -0.39 is 0 Å². The Balaban J connectivity index is 2.54. The third kappa shape index (κ3) is 2.85. The zero-order chi connectivity index (χ0) is 8.81. The molecule has 1 N–H and O–H groups in total. The van der Waals surface area contributed by atoms with Crippen molar-refractivity contribution in [3.63, 3.8) is 0 Å². The summed E-state index contributed by atoms with van der Waals surface area (Å²) in [7, 11) is 0. The molecule has 62 valence electrons. The molecule has 0 aliphatic rings. The van der Waals surface area contributed by atoms with Crippen LogP contribution in [0.2, 0.25) is 4.94 Å². The quantitative estimate of drug-likeness (QED) is 0.818. The van der Waals surface area contributed by atoms with E-state index in [-0.39, 0.29) is 27.0 Å². The zero-order valence-electron chi connectivity index (χ0n) is 7.00. The van der Waals surface area contributed by atoms with Crippen LogP contribution in [-0.4, -0.2) is 31.6 Å². The van der Waals surface area contributed by atoms with Crippen LogP contribution in [0.3, 0.4) is 0 Å². The fourth-order valence-electron chi connectivity index (χ4n) is 0.860. The Morgan fingerprint density at radius 2 is 2.08 bits per heavy atom. The molecule has 0 atom stereocenters. The van der Waals surface area contributed by atoms with E-state index in [0.29, 0.717) is 0 Å². The van der Waals surface area contributed by atoms with Crippen LogP contribution in [0, 0.1) is 0 Å². The standard InChI is InChI=1S/C8H8NO.CH3.Sn/c1-9-8(10)7-5-3-2-4-6-7;;/h2-6H,1H2,(H,9,10);1H3;. The van der Waals surface area contributed by atoms with Crippen LogP contribution in [0.15, 0.2) is 30.3 Å². The van der Waals surface area contributed by atoms with Crippen LogP contribution in [0.4, 0.5) is 0 Å². The number of nitrogens with one attached hydrogen (secondary N) is 1. The van der Waals surface area contributed by atoms with Crippen molar-refractivity contribution in [2.45, 2.75) is 4.94 Å². The van der Waals surface area contributed by atoms with Crippen molar-refractivity contribution >= 4 is 27.0 Å². The molecular formula is C9H11NOSn. The third-order valence-electron chi connectivity index (χ3n) is 1.46. The molecule has 2 radical (unpaired) electrons. The van der Waals surface area contributed by atoms with Crippen LogP contribution >= 0.6 is 0 Å². The summed E-state index contributed by atoms with van der Waals surface area (Å²) in [4.78, 5) is 13.5. The van der Waals surface area contributed by atoms with E-state index in [1.807, 2.05) is 30.3 Å². The van der Waals surface area contributed by atoms with Gasteiger partial charge in [0.05, 0.1) is 0 Å². The average Bonchev–Trinajstić information content (AvgIpc) is 2.15. The summed E-state index contributed by atoms with van der Waals surface area (Å²) >= 11 is -0.298. The van der Waals surface area contributed by atoms with Crippen molar-refractivity contribution in [1.82, 2.24) is 5.32 Å². The molecule has 1 rings (SSSR count). The first kappa shape index (κ1) is 9.58. The predicted octanol–water partition coefficient (Wildman–Crippen LogP) is 1.13. The number of hydrogen-bond acceptors (Lipinski definition) is 1. The molecule has 0 bridgehead atoms. The molecule has 0 saturated heterocycles. The van der Waals surface area contributed by atoms with Gasteiger partial charge in [0.15, 0.2) is 0 Å². The minimum absolute atomic E-state index is 0.0540. The summed E-state index contributed by atoms with van der Waals surface area (Å²) in [6.07, 6.45) is 0. The van der Waals surface area contributed by atoms with Gasteiger partial charge in [-0.15, -0.1) is 0 Å². The van der Waals surface area contributed by atoms with Gasteiger partial charge in [-0.25, -0.2) is 0 Å². The molecule has 0 aliphatic heterocycles. The molecule has 1 aromatic carbocycles. The molecule has 0 aromatic heterocycles. The van der Waals surface area contributed by atoms with Gasteiger partial charge in [-0.3, -0.25) is 0 Å². The van der Waals surface area contributed by atoms with E-state index in [9.17, 15) is 4.79 Å². The molecular weight excluding hydrogens is 257 g/mol. The van der Waals surface area contributed by atoms with Crippen molar-refractivity contribution in [2.75, 3.05) is 4.56 Å². The normalized spacial score (nSPS) is 9.42. The second-order valence-corrected chi connectivity index (χ2v) is 5.43. The second-order valence-electron chi connectivity index (χ2n) is 2.40. The number of benzene rings is 1. The molecule has 0 spiro atoms. The number of carbonyl (C=O) groups is 1. The Kier molecular flexibility index (Phi) is 4.14. The molecule has 0 fully saturated rings. The molecule has 0 unspecified atom stereocenters. The summed E-state index contributed by atoms with van der Waals surface area (Å²) in [5.74, 6) is 0.0540. The first-order valence-electron chi connectivity index (χ1n) is 3.82. The van der Waals surface area contributed by atoms with Gasteiger partial charge in [-0.1, -0.05) is 0 Å². The van der Waals surface area contributed by atoms with Crippen LogP contribution in [0.1, 0.15) is 10.4 Å². The molecule has 3 heteroatoms. The Bertz CT molecular complexity index is 248. The van der Waals surface area contributed by atoms with Gasteiger partial charge < -0.3 is 0 Å². The molecule has 1 amide bonds. The van der Waals surface area contributed by atoms with Gasteiger partial charge in [-0.2, -0.15) is 0 Å². The van der Waals surface area contributed by atoms with Gasteiger partial charge >= 0.3 is 82.6 Å². The Labute approximate surface area is 82.6 Å². The number of amides is 1. The monoisotopic (exact) mass is 269 g/mol. The summed E-state index contributed by atoms with van der Waals surface area (Å²) in [5, 5.41) is 2.89. The molecule has 0 aliphatic carbocycles. The fourth-order valence-corrected chi connectivity index (χ4v) is 1.82. The molecule has 0 saturated carbocycles. The molecule has 0 heterocycles. The zero-order valence-corrected chi connectivity index (χ0v) is 9.86. The molecule has 2 nitrogen and oxygen atoms in total. The number of rotatable bonds is 3. The molecule has 1 aromatic rings. The number of hydrogen-bond donors (Lipinski definition) is 1. The van der Waals surface area contributed by atoms with Gasteiger partial charge in [-0.05, 0) is 0 Å². The van der Waals surface area contributed by atoms with E-state index in [2.05, 4.69) is 10.3 Å². The Hall–Kier alpha value is -0.511.